The van der Waals surface area contributed by atoms with Gasteiger partial charge < -0.3 is 0 Å². The van der Waals surface area contributed by atoms with Crippen LogP contribution < -0.4 is 0 Å². The normalized spacial score (nSPS) is 10.2. The summed E-state index contributed by atoms with van der Waals surface area (Å²) in [5, 5.41) is 0.139. The van der Waals surface area contributed by atoms with Crippen LogP contribution in [0.1, 0.15) is 11.1 Å². The second kappa shape index (κ2) is 3.42. The first-order valence-electron chi connectivity index (χ1n) is 3.16. The van der Waals surface area contributed by atoms with Crippen molar-refractivity contribution < 1.29 is 4.39 Å². The molecule has 0 spiro atoms. The largest absolute Gasteiger partial charge is 0.205 e. The third-order valence-corrected chi connectivity index (χ3v) is 2.24. The Morgan fingerprint density at radius 3 is 2.55 bits per heavy atom. The molecule has 11 heavy (non-hydrogen) atoms. The zero-order valence-electron chi connectivity index (χ0n) is 6.00. The molecule has 0 radical (unpaired) electrons. The molecule has 0 bridgehead atoms. The van der Waals surface area contributed by atoms with E-state index < -0.39 is 5.82 Å². The molecule has 0 heterocycles. The Kier molecular flexibility index (Phi) is 2.74. The number of alkyl halides is 1. The van der Waals surface area contributed by atoms with Gasteiger partial charge in [-0.05, 0) is 24.1 Å². The predicted molar refractivity (Wildman–Crippen MR) is 45.7 cm³/mol. The van der Waals surface area contributed by atoms with Gasteiger partial charge in [0.05, 0.1) is 5.02 Å². The summed E-state index contributed by atoms with van der Waals surface area (Å²) in [6.45, 7) is 1.85. The standard InChI is InChI=1S/C8H7Cl2F/c1-5-2-3-7(11)8(10)6(5)4-9/h2-3H,4H2,1H3. The molecule has 0 unspecified atom stereocenters. The van der Waals surface area contributed by atoms with Gasteiger partial charge in [-0.3, -0.25) is 0 Å². The third-order valence-electron chi connectivity index (χ3n) is 1.56. The van der Waals surface area contributed by atoms with Crippen LogP contribution in [0.15, 0.2) is 12.1 Å². The lowest BCUT2D eigenvalue weighted by atomic mass is 10.1. The maximum Gasteiger partial charge on any atom is 0.142 e. The average Bonchev–Trinajstić information content (AvgIpc) is 1.99. The SMILES string of the molecule is Cc1ccc(F)c(Cl)c1CCl. The average molecular weight is 193 g/mol. The topological polar surface area (TPSA) is 0 Å². The first-order chi connectivity index (χ1) is 5.16. The van der Waals surface area contributed by atoms with Crippen LogP contribution in [0.2, 0.25) is 5.02 Å². The third kappa shape index (κ3) is 1.66. The molecule has 1 aromatic rings. The van der Waals surface area contributed by atoms with Gasteiger partial charge in [0.1, 0.15) is 5.82 Å². The summed E-state index contributed by atoms with van der Waals surface area (Å²) in [5.74, 6) is -0.157. The Morgan fingerprint density at radius 2 is 2.09 bits per heavy atom. The number of aryl methyl sites for hydroxylation is 1. The summed E-state index contributed by atoms with van der Waals surface area (Å²) in [4.78, 5) is 0. The molecule has 0 nitrogen and oxygen atoms in total. The highest BCUT2D eigenvalue weighted by Gasteiger charge is 2.06. The highest BCUT2D eigenvalue weighted by molar-refractivity contribution is 6.32. The number of hydrogen-bond donors (Lipinski definition) is 0. The van der Waals surface area contributed by atoms with E-state index in [1.54, 1.807) is 6.07 Å². The second-order valence-electron chi connectivity index (χ2n) is 2.29. The summed E-state index contributed by atoms with van der Waals surface area (Å²) in [7, 11) is 0. The molecule has 0 saturated heterocycles. The van der Waals surface area contributed by atoms with Crippen LogP contribution in [0.3, 0.4) is 0 Å². The molecule has 0 aliphatic carbocycles. The van der Waals surface area contributed by atoms with Crippen LogP contribution in [0.25, 0.3) is 0 Å². The summed E-state index contributed by atoms with van der Waals surface area (Å²) >= 11 is 11.2. The van der Waals surface area contributed by atoms with Crippen LogP contribution in [0, 0.1) is 12.7 Å². The monoisotopic (exact) mass is 192 g/mol. The van der Waals surface area contributed by atoms with Gasteiger partial charge in [0, 0.05) is 5.88 Å². The first-order valence-corrected chi connectivity index (χ1v) is 4.07. The lowest BCUT2D eigenvalue weighted by Crippen LogP contribution is -1.89. The second-order valence-corrected chi connectivity index (χ2v) is 2.94. The molecule has 1 rings (SSSR count). The van der Waals surface area contributed by atoms with Crippen LogP contribution >= 0.6 is 23.2 Å². The fraction of sp³-hybridized carbons (Fsp3) is 0.250. The smallest absolute Gasteiger partial charge is 0.142 e. The minimum atomic E-state index is -0.409. The van der Waals surface area contributed by atoms with E-state index in [9.17, 15) is 4.39 Å². The van der Waals surface area contributed by atoms with E-state index in [0.717, 1.165) is 5.56 Å². The lowest BCUT2D eigenvalue weighted by Gasteiger charge is -2.04. The van der Waals surface area contributed by atoms with Crippen molar-refractivity contribution >= 4 is 23.2 Å². The van der Waals surface area contributed by atoms with Gasteiger partial charge in [0.2, 0.25) is 0 Å². The van der Waals surface area contributed by atoms with Gasteiger partial charge in [-0.2, -0.15) is 0 Å². The van der Waals surface area contributed by atoms with Crippen molar-refractivity contribution in [3.8, 4) is 0 Å². The van der Waals surface area contributed by atoms with E-state index in [4.69, 9.17) is 23.2 Å². The Labute approximate surface area is 74.9 Å². The van der Waals surface area contributed by atoms with Crippen molar-refractivity contribution in [2.45, 2.75) is 12.8 Å². The van der Waals surface area contributed by atoms with Crippen LogP contribution in [-0.4, -0.2) is 0 Å². The highest BCUT2D eigenvalue weighted by Crippen LogP contribution is 2.24. The van der Waals surface area contributed by atoms with Crippen molar-refractivity contribution in [3.63, 3.8) is 0 Å². The van der Waals surface area contributed by atoms with E-state index in [-0.39, 0.29) is 10.9 Å². The van der Waals surface area contributed by atoms with Gasteiger partial charge in [0.15, 0.2) is 0 Å². The van der Waals surface area contributed by atoms with Gasteiger partial charge in [-0.1, -0.05) is 17.7 Å². The summed E-state index contributed by atoms with van der Waals surface area (Å²) in [6.07, 6.45) is 0. The molecule has 0 aliphatic heterocycles. The summed E-state index contributed by atoms with van der Waals surface area (Å²) < 4.78 is 12.8. The van der Waals surface area contributed by atoms with Crippen LogP contribution in [-0.2, 0) is 5.88 Å². The zero-order valence-corrected chi connectivity index (χ0v) is 7.51. The molecular formula is C8H7Cl2F. The summed E-state index contributed by atoms with van der Waals surface area (Å²) in [5.41, 5.74) is 1.60. The Morgan fingerprint density at radius 1 is 1.45 bits per heavy atom. The maximum atomic E-state index is 12.8. The predicted octanol–water partition coefficient (Wildman–Crippen LogP) is 3.53. The molecule has 1 aromatic carbocycles. The molecule has 0 aromatic heterocycles. The van der Waals surface area contributed by atoms with Crippen LogP contribution in [0.4, 0.5) is 4.39 Å². The first kappa shape index (κ1) is 8.82. The molecule has 0 saturated carbocycles. The maximum absolute atomic E-state index is 12.8. The van der Waals surface area contributed by atoms with Crippen molar-refractivity contribution in [2.75, 3.05) is 0 Å². The van der Waals surface area contributed by atoms with Gasteiger partial charge in [-0.15, -0.1) is 11.6 Å². The number of halogens is 3. The van der Waals surface area contributed by atoms with Crippen molar-refractivity contribution in [1.29, 1.82) is 0 Å². The highest BCUT2D eigenvalue weighted by atomic mass is 35.5. The molecule has 60 valence electrons. The number of hydrogen-bond acceptors (Lipinski definition) is 0. The molecule has 0 N–H and O–H groups in total. The van der Waals surface area contributed by atoms with Gasteiger partial charge in [-0.25, -0.2) is 4.39 Å². The number of benzene rings is 1. The van der Waals surface area contributed by atoms with E-state index >= 15 is 0 Å². The van der Waals surface area contributed by atoms with Crippen LogP contribution in [0.5, 0.6) is 0 Å². The quantitative estimate of drug-likeness (QED) is 0.598. The zero-order chi connectivity index (χ0) is 8.43. The minimum absolute atomic E-state index is 0.139. The fourth-order valence-corrected chi connectivity index (χ4v) is 1.54. The molecule has 0 aliphatic rings. The molecule has 0 atom stereocenters. The Hall–Kier alpha value is -0.270. The molecule has 0 amide bonds. The number of rotatable bonds is 1. The fourth-order valence-electron chi connectivity index (χ4n) is 0.853. The summed E-state index contributed by atoms with van der Waals surface area (Å²) in [6, 6.07) is 3.01. The van der Waals surface area contributed by atoms with E-state index in [1.165, 1.54) is 6.07 Å². The van der Waals surface area contributed by atoms with Crippen molar-refractivity contribution in [1.82, 2.24) is 0 Å². The molecular weight excluding hydrogens is 186 g/mol. The van der Waals surface area contributed by atoms with E-state index in [1.807, 2.05) is 6.92 Å². The van der Waals surface area contributed by atoms with Gasteiger partial charge >= 0.3 is 0 Å². The van der Waals surface area contributed by atoms with E-state index in [0.29, 0.717) is 5.56 Å². The van der Waals surface area contributed by atoms with Gasteiger partial charge in [0.25, 0.3) is 0 Å². The molecule has 0 fully saturated rings. The molecule has 3 heteroatoms. The van der Waals surface area contributed by atoms with E-state index in [2.05, 4.69) is 0 Å². The Balaban J connectivity index is 3.29. The lowest BCUT2D eigenvalue weighted by molar-refractivity contribution is 0.626. The Bertz CT molecular complexity index is 271. The minimum Gasteiger partial charge on any atom is -0.205 e. The van der Waals surface area contributed by atoms with Crippen molar-refractivity contribution in [2.24, 2.45) is 0 Å². The van der Waals surface area contributed by atoms with Crippen molar-refractivity contribution in [3.05, 3.63) is 34.1 Å².